The molecule has 2 aliphatic rings. The number of rotatable bonds is 4. The molecule has 2 amide bonds. The fourth-order valence-corrected chi connectivity index (χ4v) is 4.05. The molecule has 0 spiro atoms. The van der Waals surface area contributed by atoms with Gasteiger partial charge in [-0.15, -0.1) is 0 Å². The minimum Gasteiger partial charge on any atom is -0.467 e. The number of esters is 2. The largest absolute Gasteiger partial charge is 0.534 e. The number of halogens is 3. The zero-order valence-corrected chi connectivity index (χ0v) is 25.9. The molecular formula is C25H37F3N2O12S. The van der Waals surface area contributed by atoms with Crippen LogP contribution in [0.3, 0.4) is 0 Å². The first-order valence-electron chi connectivity index (χ1n) is 12.8. The first-order chi connectivity index (χ1) is 19.4. The van der Waals surface area contributed by atoms with Crippen LogP contribution in [-0.2, 0) is 47.6 Å². The Balaban J connectivity index is 0.000000453. The number of piperidine rings is 1. The Labute approximate surface area is 247 Å². The van der Waals surface area contributed by atoms with E-state index < -0.39 is 68.8 Å². The molecule has 2 aliphatic heterocycles. The van der Waals surface area contributed by atoms with E-state index in [4.69, 9.17) is 9.47 Å². The molecule has 0 saturated carbocycles. The lowest BCUT2D eigenvalue weighted by Crippen LogP contribution is -2.52. The van der Waals surface area contributed by atoms with Crippen molar-refractivity contribution in [1.29, 1.82) is 0 Å². The van der Waals surface area contributed by atoms with Gasteiger partial charge in [-0.25, -0.2) is 19.2 Å². The van der Waals surface area contributed by atoms with Crippen LogP contribution in [0.2, 0.25) is 0 Å². The van der Waals surface area contributed by atoms with Gasteiger partial charge in [-0.2, -0.15) is 21.6 Å². The van der Waals surface area contributed by atoms with Crippen molar-refractivity contribution in [3.05, 3.63) is 11.8 Å². The van der Waals surface area contributed by atoms with Gasteiger partial charge in [0.25, 0.3) is 0 Å². The van der Waals surface area contributed by atoms with Crippen LogP contribution in [0.1, 0.15) is 60.8 Å². The quantitative estimate of drug-likeness (QED) is 0.189. The first-order valence-corrected chi connectivity index (χ1v) is 14.2. The maximum atomic E-state index is 12.4. The summed E-state index contributed by atoms with van der Waals surface area (Å²) in [6.07, 6.45) is -0.842. The average molecular weight is 647 g/mol. The van der Waals surface area contributed by atoms with Crippen LogP contribution in [0.15, 0.2) is 11.8 Å². The van der Waals surface area contributed by atoms with Crippen molar-refractivity contribution in [1.82, 2.24) is 9.80 Å². The van der Waals surface area contributed by atoms with E-state index >= 15 is 0 Å². The summed E-state index contributed by atoms with van der Waals surface area (Å²) >= 11 is 0. The molecule has 18 heteroatoms. The van der Waals surface area contributed by atoms with Crippen LogP contribution < -0.4 is 0 Å². The smallest absolute Gasteiger partial charge is 0.467 e. The molecule has 14 nitrogen and oxygen atoms in total. The Hall–Kier alpha value is -3.57. The number of hydrogen-bond acceptors (Lipinski definition) is 12. The standard InChI is InChI=1S/C13H18F3NO7S.C12H19NO5/c1-12(2,3)23-11(19)17-6-5-8(7-9(17)10(18)22-4)24-25(20,21)13(14,15)16;1-12(2,3)18-11(16)13-6-5-8(14)7-9(13)10(15)17-4/h7,9H,5-6H2,1-4H3;9H,5-7H2,1-4H3. The van der Waals surface area contributed by atoms with Gasteiger partial charge in [0, 0.05) is 32.4 Å². The molecular weight excluding hydrogens is 609 g/mol. The summed E-state index contributed by atoms with van der Waals surface area (Å²) in [6.45, 7) is 9.88. The normalized spacial score (nSPS) is 19.7. The van der Waals surface area contributed by atoms with Crippen molar-refractivity contribution in [2.45, 2.75) is 89.6 Å². The van der Waals surface area contributed by atoms with Crippen molar-refractivity contribution in [2.75, 3.05) is 27.3 Å². The van der Waals surface area contributed by atoms with Crippen LogP contribution >= 0.6 is 0 Å². The third kappa shape index (κ3) is 11.6. The highest BCUT2D eigenvalue weighted by Gasteiger charge is 2.49. The zero-order valence-electron chi connectivity index (χ0n) is 25.1. The topological polar surface area (TPSA) is 172 Å². The molecule has 2 rings (SSSR count). The molecule has 2 atom stereocenters. The molecule has 0 N–H and O–H groups in total. The number of alkyl halides is 3. The Morgan fingerprint density at radius 3 is 1.72 bits per heavy atom. The second kappa shape index (κ2) is 14.3. The molecule has 0 aromatic heterocycles. The summed E-state index contributed by atoms with van der Waals surface area (Å²) in [5.41, 5.74) is -7.13. The third-order valence-corrected chi connectivity index (χ3v) is 6.38. The highest BCUT2D eigenvalue weighted by atomic mass is 32.2. The second-order valence-corrected chi connectivity index (χ2v) is 12.8. The van der Waals surface area contributed by atoms with E-state index in [1.54, 1.807) is 41.5 Å². The van der Waals surface area contributed by atoms with E-state index in [2.05, 4.69) is 13.7 Å². The maximum Gasteiger partial charge on any atom is 0.534 e. The number of carbonyl (C=O) groups excluding carboxylic acids is 5. The lowest BCUT2D eigenvalue weighted by atomic mass is 10.0. The third-order valence-electron chi connectivity index (χ3n) is 5.38. The summed E-state index contributed by atoms with van der Waals surface area (Å²) < 4.78 is 82.7. The van der Waals surface area contributed by atoms with E-state index in [0.29, 0.717) is 0 Å². The average Bonchev–Trinajstić information content (AvgIpc) is 2.84. The number of ketones is 1. The van der Waals surface area contributed by atoms with Crippen LogP contribution in [0.4, 0.5) is 22.8 Å². The van der Waals surface area contributed by atoms with Crippen molar-refractivity contribution in [2.24, 2.45) is 0 Å². The number of methoxy groups -OCH3 is 2. The maximum absolute atomic E-state index is 12.4. The van der Waals surface area contributed by atoms with Crippen LogP contribution in [-0.4, -0.2) is 104 Å². The van der Waals surface area contributed by atoms with Gasteiger partial charge in [0.15, 0.2) is 6.04 Å². The lowest BCUT2D eigenvalue weighted by molar-refractivity contribution is -0.150. The van der Waals surface area contributed by atoms with E-state index in [1.165, 1.54) is 12.0 Å². The summed E-state index contributed by atoms with van der Waals surface area (Å²) in [7, 11) is -3.64. The number of hydrogen-bond donors (Lipinski definition) is 0. The zero-order chi connectivity index (χ0) is 33.6. The number of ether oxygens (including phenoxy) is 4. The summed E-state index contributed by atoms with van der Waals surface area (Å²) in [5, 5.41) is 0. The fourth-order valence-electron chi connectivity index (χ4n) is 3.53. The molecule has 1 fully saturated rings. The number of amides is 2. The van der Waals surface area contributed by atoms with Gasteiger partial charge in [-0.05, 0) is 47.6 Å². The Bertz CT molecular complexity index is 1200. The first kappa shape index (κ1) is 37.5. The van der Waals surface area contributed by atoms with Gasteiger partial charge in [0.05, 0.1) is 14.2 Å². The lowest BCUT2D eigenvalue weighted by Gasteiger charge is -2.34. The van der Waals surface area contributed by atoms with Crippen LogP contribution in [0.5, 0.6) is 0 Å². The molecule has 2 heterocycles. The van der Waals surface area contributed by atoms with E-state index in [0.717, 1.165) is 18.1 Å². The van der Waals surface area contributed by atoms with Crippen LogP contribution in [0, 0.1) is 0 Å². The molecule has 0 aromatic carbocycles. The van der Waals surface area contributed by atoms with Crippen molar-refractivity contribution in [3.8, 4) is 0 Å². The summed E-state index contributed by atoms with van der Waals surface area (Å²) in [6, 6.07) is -2.35. The highest BCUT2D eigenvalue weighted by molar-refractivity contribution is 7.87. The van der Waals surface area contributed by atoms with Crippen molar-refractivity contribution < 1.29 is 68.7 Å². The summed E-state index contributed by atoms with van der Waals surface area (Å²) in [4.78, 5) is 61.0. The van der Waals surface area contributed by atoms with Gasteiger partial charge in [0.1, 0.15) is 28.8 Å². The monoisotopic (exact) mass is 646 g/mol. The fraction of sp³-hybridized carbons (Fsp3) is 0.720. The van der Waals surface area contributed by atoms with Gasteiger partial charge >= 0.3 is 39.8 Å². The molecule has 0 radical (unpaired) electrons. The van der Waals surface area contributed by atoms with Gasteiger partial charge in [-0.3, -0.25) is 14.6 Å². The number of nitrogens with zero attached hydrogens (tertiary/aromatic N) is 2. The van der Waals surface area contributed by atoms with Crippen LogP contribution in [0.25, 0.3) is 0 Å². The molecule has 2 unspecified atom stereocenters. The number of likely N-dealkylation sites (tertiary alicyclic amines) is 1. The molecule has 0 bridgehead atoms. The Morgan fingerprint density at radius 1 is 0.814 bits per heavy atom. The SMILES string of the molecule is COC(=O)C1C=C(OS(=O)(=O)C(F)(F)F)CCN1C(=O)OC(C)(C)C.COC(=O)C1CC(=O)CCN1C(=O)OC(C)(C)C. The molecule has 1 saturated heterocycles. The minimum atomic E-state index is -5.87. The van der Waals surface area contributed by atoms with Crippen molar-refractivity contribution in [3.63, 3.8) is 0 Å². The minimum absolute atomic E-state index is 0.00802. The Kier molecular flexibility index (Phi) is 12.4. The van der Waals surface area contributed by atoms with Gasteiger partial charge in [0.2, 0.25) is 0 Å². The highest BCUT2D eigenvalue weighted by Crippen LogP contribution is 2.30. The second-order valence-electron chi connectivity index (χ2n) is 11.2. The van der Waals surface area contributed by atoms with Gasteiger partial charge in [-0.1, -0.05) is 0 Å². The number of carbonyl (C=O) groups is 5. The van der Waals surface area contributed by atoms with Crippen molar-refractivity contribution >= 4 is 40.0 Å². The van der Waals surface area contributed by atoms with E-state index in [9.17, 15) is 45.6 Å². The molecule has 43 heavy (non-hydrogen) atoms. The predicted octanol–water partition coefficient (Wildman–Crippen LogP) is 3.05. The van der Waals surface area contributed by atoms with E-state index in [1.807, 2.05) is 0 Å². The summed E-state index contributed by atoms with van der Waals surface area (Å²) in [5.74, 6) is -2.25. The molecule has 246 valence electrons. The van der Waals surface area contributed by atoms with E-state index in [-0.39, 0.29) is 38.1 Å². The Morgan fingerprint density at radius 2 is 1.28 bits per heavy atom. The van der Waals surface area contributed by atoms with Gasteiger partial charge < -0.3 is 23.1 Å². The molecule has 0 aliphatic carbocycles. The number of Topliss-reactive ketones (excluding diaryl/α,β-unsaturated/α-hetero) is 1. The predicted molar refractivity (Wildman–Crippen MR) is 140 cm³/mol. The molecule has 0 aromatic rings.